The molecule has 0 amide bonds. The van der Waals surface area contributed by atoms with Crippen LogP contribution in [-0.2, 0) is 4.57 Å². The number of carbonyl (C=O) groups excluding carboxylic acids is 2. The molecular formula is C27H29O4P. The monoisotopic (exact) mass is 448 g/mol. The summed E-state index contributed by atoms with van der Waals surface area (Å²) in [5.41, 5.74) is 4.17. The van der Waals surface area contributed by atoms with Crippen LogP contribution in [0.3, 0.4) is 0 Å². The SMILES string of the molecule is COc1ccccc1P(=O)(C(=O)c1c(C)cc(C)cc1C)C(=O)c1c(C)cc(C)cc1C. The molecule has 0 unspecified atom stereocenters. The number of aryl methyl sites for hydroxylation is 6. The molecule has 0 bridgehead atoms. The fourth-order valence-electron chi connectivity index (χ4n) is 4.55. The molecule has 0 N–H and O–H groups in total. The normalized spacial score (nSPS) is 11.3. The second-order valence-corrected chi connectivity index (χ2v) is 11.0. The zero-order valence-electron chi connectivity index (χ0n) is 19.7. The summed E-state index contributed by atoms with van der Waals surface area (Å²) in [7, 11) is -2.85. The van der Waals surface area contributed by atoms with Crippen molar-refractivity contribution in [2.24, 2.45) is 0 Å². The van der Waals surface area contributed by atoms with Gasteiger partial charge in [0.1, 0.15) is 5.75 Å². The lowest BCUT2D eigenvalue weighted by atomic mass is 10.0. The third kappa shape index (κ3) is 3.96. The molecule has 0 saturated heterocycles. The summed E-state index contributed by atoms with van der Waals surface area (Å²) >= 11 is 0. The minimum atomic E-state index is -4.29. The minimum Gasteiger partial charge on any atom is -0.496 e. The average molecular weight is 448 g/mol. The molecule has 0 radical (unpaired) electrons. The molecule has 0 spiro atoms. The van der Waals surface area contributed by atoms with Gasteiger partial charge in [0, 0.05) is 11.1 Å². The molecule has 5 heteroatoms. The Hall–Kier alpha value is -2.97. The van der Waals surface area contributed by atoms with Crippen molar-refractivity contribution in [2.75, 3.05) is 7.11 Å². The number of ether oxygens (including phenoxy) is 1. The average Bonchev–Trinajstić information content (AvgIpc) is 2.71. The van der Waals surface area contributed by atoms with Crippen LogP contribution in [0.25, 0.3) is 0 Å². The number of rotatable bonds is 6. The third-order valence-electron chi connectivity index (χ3n) is 5.78. The highest BCUT2D eigenvalue weighted by Gasteiger charge is 2.46. The van der Waals surface area contributed by atoms with E-state index in [2.05, 4.69) is 0 Å². The molecule has 32 heavy (non-hydrogen) atoms. The predicted octanol–water partition coefficient (Wildman–Crippen LogP) is 6.21. The van der Waals surface area contributed by atoms with E-state index in [1.54, 1.807) is 24.3 Å². The first-order chi connectivity index (χ1) is 15.0. The molecule has 166 valence electrons. The van der Waals surface area contributed by atoms with Crippen molar-refractivity contribution in [1.29, 1.82) is 0 Å². The summed E-state index contributed by atoms with van der Waals surface area (Å²) in [5, 5.41) is 0.135. The van der Waals surface area contributed by atoms with Gasteiger partial charge in [-0.2, -0.15) is 0 Å². The van der Waals surface area contributed by atoms with Gasteiger partial charge >= 0.3 is 0 Å². The molecule has 3 aromatic rings. The lowest BCUT2D eigenvalue weighted by Gasteiger charge is -2.22. The summed E-state index contributed by atoms with van der Waals surface area (Å²) in [6.07, 6.45) is 0. The number of hydrogen-bond acceptors (Lipinski definition) is 4. The summed E-state index contributed by atoms with van der Waals surface area (Å²) in [5.74, 6) is 0.266. The van der Waals surface area contributed by atoms with Gasteiger partial charge in [0.2, 0.25) is 11.0 Å². The maximum Gasteiger partial charge on any atom is 0.252 e. The molecular weight excluding hydrogens is 419 g/mol. The van der Waals surface area contributed by atoms with Gasteiger partial charge in [-0.25, -0.2) is 0 Å². The minimum absolute atomic E-state index is 0.135. The fraction of sp³-hybridized carbons (Fsp3) is 0.259. The maximum atomic E-state index is 14.8. The lowest BCUT2D eigenvalue weighted by molar-refractivity contribution is 0.104. The van der Waals surface area contributed by atoms with Gasteiger partial charge in [0.25, 0.3) is 7.14 Å². The molecule has 0 saturated carbocycles. The van der Waals surface area contributed by atoms with Crippen molar-refractivity contribution >= 4 is 23.5 Å². The molecule has 0 aliphatic carbocycles. The molecule has 0 aliphatic rings. The fourth-order valence-corrected chi connectivity index (χ4v) is 7.28. The topological polar surface area (TPSA) is 60.4 Å². The summed E-state index contributed by atoms with van der Waals surface area (Å²) in [6, 6.07) is 14.1. The second-order valence-electron chi connectivity index (χ2n) is 8.44. The highest BCUT2D eigenvalue weighted by Crippen LogP contribution is 2.54. The molecule has 0 aliphatic heterocycles. The Kier molecular flexibility index (Phi) is 6.57. The lowest BCUT2D eigenvalue weighted by Crippen LogP contribution is -2.24. The smallest absolute Gasteiger partial charge is 0.252 e. The van der Waals surface area contributed by atoms with Crippen LogP contribution in [0.4, 0.5) is 0 Å². The van der Waals surface area contributed by atoms with Crippen molar-refractivity contribution in [1.82, 2.24) is 0 Å². The van der Waals surface area contributed by atoms with Crippen LogP contribution in [0.15, 0.2) is 48.5 Å². The molecule has 0 atom stereocenters. The van der Waals surface area contributed by atoms with E-state index in [1.165, 1.54) is 7.11 Å². The Labute approximate surface area is 190 Å². The van der Waals surface area contributed by atoms with Gasteiger partial charge in [-0.1, -0.05) is 47.5 Å². The summed E-state index contributed by atoms with van der Waals surface area (Å²) in [6.45, 7) is 11.1. The van der Waals surface area contributed by atoms with E-state index in [1.807, 2.05) is 65.8 Å². The molecule has 0 aromatic heterocycles. The van der Waals surface area contributed by atoms with E-state index in [0.29, 0.717) is 33.4 Å². The van der Waals surface area contributed by atoms with Gasteiger partial charge < -0.3 is 9.30 Å². The van der Waals surface area contributed by atoms with Gasteiger partial charge in [-0.05, 0) is 75.9 Å². The van der Waals surface area contributed by atoms with E-state index in [-0.39, 0.29) is 11.1 Å². The first kappa shape index (κ1) is 23.7. The molecule has 0 heterocycles. The standard InChI is InChI=1S/C27H29O4P/c1-16-12-18(3)24(19(4)13-16)26(28)32(30,23-11-9-8-10-22(23)31-7)27(29)25-20(5)14-17(2)15-21(25)6/h8-15H,1-7H3. The van der Waals surface area contributed by atoms with Crippen LogP contribution in [0.1, 0.15) is 54.1 Å². The van der Waals surface area contributed by atoms with Crippen LogP contribution in [0.5, 0.6) is 5.75 Å². The Morgan fingerprint density at radius 2 is 1.06 bits per heavy atom. The van der Waals surface area contributed by atoms with E-state index in [9.17, 15) is 14.2 Å². The van der Waals surface area contributed by atoms with Crippen molar-refractivity contribution in [3.05, 3.63) is 93.0 Å². The number of carbonyl (C=O) groups is 2. The highest BCUT2D eigenvalue weighted by molar-refractivity contribution is 8.01. The Morgan fingerprint density at radius 3 is 1.44 bits per heavy atom. The van der Waals surface area contributed by atoms with Crippen LogP contribution < -0.4 is 10.0 Å². The van der Waals surface area contributed by atoms with E-state index in [0.717, 1.165) is 11.1 Å². The third-order valence-corrected chi connectivity index (χ3v) is 8.42. The molecule has 3 aromatic carbocycles. The Bertz CT molecular complexity index is 1170. The van der Waals surface area contributed by atoms with Gasteiger partial charge in [-0.15, -0.1) is 0 Å². The molecule has 0 fully saturated rings. The van der Waals surface area contributed by atoms with E-state index < -0.39 is 18.2 Å². The van der Waals surface area contributed by atoms with Gasteiger partial charge in [0.05, 0.1) is 12.4 Å². The number of benzene rings is 3. The van der Waals surface area contributed by atoms with Gasteiger partial charge in [0.15, 0.2) is 0 Å². The van der Waals surface area contributed by atoms with Crippen molar-refractivity contribution in [3.63, 3.8) is 0 Å². The number of para-hydroxylation sites is 1. The summed E-state index contributed by atoms with van der Waals surface area (Å²) in [4.78, 5) is 28.1. The molecule has 3 rings (SSSR count). The van der Waals surface area contributed by atoms with E-state index in [4.69, 9.17) is 4.74 Å². The van der Waals surface area contributed by atoms with Crippen molar-refractivity contribution < 1.29 is 18.9 Å². The predicted molar refractivity (Wildman–Crippen MR) is 130 cm³/mol. The summed E-state index contributed by atoms with van der Waals surface area (Å²) < 4.78 is 20.2. The second kappa shape index (κ2) is 8.88. The number of hydrogen-bond donors (Lipinski definition) is 0. The van der Waals surface area contributed by atoms with Crippen molar-refractivity contribution in [2.45, 2.75) is 41.5 Å². The van der Waals surface area contributed by atoms with Crippen LogP contribution in [0.2, 0.25) is 0 Å². The largest absolute Gasteiger partial charge is 0.496 e. The maximum absolute atomic E-state index is 14.8. The Morgan fingerprint density at radius 1 is 0.688 bits per heavy atom. The Balaban J connectivity index is 2.38. The van der Waals surface area contributed by atoms with Crippen molar-refractivity contribution in [3.8, 4) is 5.75 Å². The van der Waals surface area contributed by atoms with E-state index >= 15 is 0 Å². The first-order valence-corrected chi connectivity index (χ1v) is 12.2. The first-order valence-electron chi connectivity index (χ1n) is 10.5. The quantitative estimate of drug-likeness (QED) is 0.420. The van der Waals surface area contributed by atoms with Crippen LogP contribution in [0, 0.1) is 41.5 Å². The highest BCUT2D eigenvalue weighted by atomic mass is 31.2. The van der Waals surface area contributed by atoms with Crippen LogP contribution in [-0.4, -0.2) is 18.2 Å². The van der Waals surface area contributed by atoms with Crippen LogP contribution >= 0.6 is 7.14 Å². The molecule has 4 nitrogen and oxygen atoms in total. The number of methoxy groups -OCH3 is 1. The van der Waals surface area contributed by atoms with Gasteiger partial charge in [-0.3, -0.25) is 9.59 Å². The zero-order chi connectivity index (χ0) is 23.8. The zero-order valence-corrected chi connectivity index (χ0v) is 20.6.